The minimum absolute atomic E-state index is 0.0880. The molecule has 152 valence electrons. The van der Waals surface area contributed by atoms with Crippen LogP contribution >= 0.6 is 0 Å². The number of amides is 1. The van der Waals surface area contributed by atoms with E-state index >= 15 is 0 Å². The van der Waals surface area contributed by atoms with Gasteiger partial charge in [0.2, 0.25) is 5.91 Å². The van der Waals surface area contributed by atoms with Gasteiger partial charge in [-0.1, -0.05) is 30.3 Å². The minimum atomic E-state index is -0.314. The zero-order valence-electron chi connectivity index (χ0n) is 16.8. The van der Waals surface area contributed by atoms with Crippen LogP contribution in [0.4, 0.5) is 5.69 Å². The molecule has 7 nitrogen and oxygen atoms in total. The maximum absolute atomic E-state index is 12.6. The van der Waals surface area contributed by atoms with Gasteiger partial charge in [0.1, 0.15) is 12.2 Å². The van der Waals surface area contributed by atoms with Gasteiger partial charge in [-0.2, -0.15) is 0 Å². The zero-order valence-corrected chi connectivity index (χ0v) is 16.8. The Morgan fingerprint density at radius 3 is 2.65 bits per heavy atom. The lowest BCUT2D eigenvalue weighted by molar-refractivity contribution is -0.116. The largest absolute Gasteiger partial charge is 0.325 e. The number of imidazole rings is 1. The fraction of sp³-hybridized carbons (Fsp3) is 0.0833. The van der Waals surface area contributed by atoms with E-state index in [1.165, 1.54) is 10.8 Å². The van der Waals surface area contributed by atoms with E-state index < -0.39 is 0 Å². The summed E-state index contributed by atoms with van der Waals surface area (Å²) in [6.45, 7) is 1.94. The van der Waals surface area contributed by atoms with Crippen LogP contribution in [0.3, 0.4) is 0 Å². The van der Waals surface area contributed by atoms with E-state index in [9.17, 15) is 9.59 Å². The summed E-state index contributed by atoms with van der Waals surface area (Å²) in [6.07, 6.45) is 5.19. The molecule has 0 unspecified atom stereocenters. The monoisotopic (exact) mass is 409 g/mol. The Balaban J connectivity index is 1.35. The Morgan fingerprint density at radius 1 is 1.03 bits per heavy atom. The molecule has 1 N–H and O–H groups in total. The highest BCUT2D eigenvalue weighted by atomic mass is 16.2. The van der Waals surface area contributed by atoms with Gasteiger partial charge < -0.3 is 9.72 Å². The standard InChI is InChI=1S/C24H19N5O2/c1-16-5-4-12-28-14-20(27-24(16)28)17-8-10-18(11-9-17)26-22(30)15-29-21-7-3-2-6-19(21)25-13-23(29)31/h2-14H,15H2,1H3,(H,26,30). The zero-order chi connectivity index (χ0) is 21.4. The second kappa shape index (κ2) is 7.53. The van der Waals surface area contributed by atoms with Crippen LogP contribution in [0.15, 0.2) is 84.0 Å². The lowest BCUT2D eigenvalue weighted by Gasteiger charge is -2.10. The molecule has 3 aromatic heterocycles. The summed E-state index contributed by atoms with van der Waals surface area (Å²) in [5.41, 5.74) is 5.48. The van der Waals surface area contributed by atoms with Crippen LogP contribution < -0.4 is 10.9 Å². The second-order valence-electron chi connectivity index (χ2n) is 7.35. The average molecular weight is 409 g/mol. The second-order valence-corrected chi connectivity index (χ2v) is 7.35. The Bertz CT molecular complexity index is 1480. The van der Waals surface area contributed by atoms with Gasteiger partial charge in [0.15, 0.2) is 0 Å². The van der Waals surface area contributed by atoms with Crippen molar-refractivity contribution < 1.29 is 4.79 Å². The minimum Gasteiger partial charge on any atom is -0.325 e. The molecule has 0 atom stereocenters. The Morgan fingerprint density at radius 2 is 1.84 bits per heavy atom. The maximum atomic E-state index is 12.6. The van der Waals surface area contributed by atoms with Gasteiger partial charge in [-0.15, -0.1) is 0 Å². The highest BCUT2D eigenvalue weighted by molar-refractivity contribution is 5.91. The summed E-state index contributed by atoms with van der Waals surface area (Å²) in [6, 6.07) is 18.8. The number of nitrogens with zero attached hydrogens (tertiary/aromatic N) is 4. The molecule has 7 heteroatoms. The number of rotatable bonds is 4. The molecule has 0 radical (unpaired) electrons. The number of aromatic nitrogens is 4. The molecule has 1 amide bonds. The van der Waals surface area contributed by atoms with Crippen LogP contribution in [0, 0.1) is 6.92 Å². The lowest BCUT2D eigenvalue weighted by Crippen LogP contribution is -2.27. The van der Waals surface area contributed by atoms with Crippen LogP contribution in [-0.2, 0) is 11.3 Å². The van der Waals surface area contributed by atoms with Crippen molar-refractivity contribution in [3.05, 3.63) is 95.2 Å². The molecular weight excluding hydrogens is 390 g/mol. The van der Waals surface area contributed by atoms with Crippen molar-refractivity contribution in [2.24, 2.45) is 0 Å². The number of nitrogens with one attached hydrogen (secondary N) is 1. The van der Waals surface area contributed by atoms with E-state index in [2.05, 4.69) is 10.3 Å². The van der Waals surface area contributed by atoms with Crippen LogP contribution in [0.2, 0.25) is 0 Å². The summed E-state index contributed by atoms with van der Waals surface area (Å²) >= 11 is 0. The number of anilines is 1. The third kappa shape index (κ3) is 3.57. The van der Waals surface area contributed by atoms with Crippen LogP contribution in [0.1, 0.15) is 5.56 Å². The summed E-state index contributed by atoms with van der Waals surface area (Å²) in [5.74, 6) is -0.283. The first-order valence-corrected chi connectivity index (χ1v) is 9.88. The van der Waals surface area contributed by atoms with Crippen molar-refractivity contribution >= 4 is 28.3 Å². The van der Waals surface area contributed by atoms with E-state index in [4.69, 9.17) is 4.98 Å². The molecule has 31 heavy (non-hydrogen) atoms. The highest BCUT2D eigenvalue weighted by Gasteiger charge is 2.10. The molecule has 5 aromatic rings. The molecule has 0 spiro atoms. The Kier molecular flexibility index (Phi) is 4.55. The number of para-hydroxylation sites is 2. The Hall–Kier alpha value is -4.26. The highest BCUT2D eigenvalue weighted by Crippen LogP contribution is 2.22. The first kappa shape index (κ1) is 18.7. The van der Waals surface area contributed by atoms with Gasteiger partial charge in [0, 0.05) is 23.6 Å². The fourth-order valence-corrected chi connectivity index (χ4v) is 3.64. The first-order chi connectivity index (χ1) is 15.1. The van der Waals surface area contributed by atoms with Crippen molar-refractivity contribution in [1.29, 1.82) is 0 Å². The summed E-state index contributed by atoms with van der Waals surface area (Å²) < 4.78 is 3.42. The SMILES string of the molecule is Cc1cccn2cc(-c3ccc(NC(=O)Cn4c(=O)cnc5ccccc54)cc3)nc12. The molecule has 5 rings (SSSR count). The number of pyridine rings is 1. The van der Waals surface area contributed by atoms with Crippen molar-refractivity contribution in [3.8, 4) is 11.3 Å². The van der Waals surface area contributed by atoms with Gasteiger partial charge in [-0.05, 0) is 42.8 Å². The summed E-state index contributed by atoms with van der Waals surface area (Å²) in [7, 11) is 0. The van der Waals surface area contributed by atoms with Crippen molar-refractivity contribution in [1.82, 2.24) is 18.9 Å². The van der Waals surface area contributed by atoms with E-state index in [0.29, 0.717) is 16.7 Å². The van der Waals surface area contributed by atoms with Gasteiger partial charge in [0.25, 0.3) is 5.56 Å². The molecular formula is C24H19N5O2. The number of carbonyl (C=O) groups excluding carboxylic acids is 1. The molecule has 0 fully saturated rings. The molecule has 0 aliphatic carbocycles. The predicted molar refractivity (Wildman–Crippen MR) is 120 cm³/mol. The number of carbonyl (C=O) groups is 1. The summed E-state index contributed by atoms with van der Waals surface area (Å²) in [4.78, 5) is 33.6. The van der Waals surface area contributed by atoms with Gasteiger partial charge in [-0.25, -0.2) is 9.97 Å². The van der Waals surface area contributed by atoms with Gasteiger partial charge >= 0.3 is 0 Å². The van der Waals surface area contributed by atoms with E-state index in [1.807, 2.05) is 78.3 Å². The number of aryl methyl sites for hydroxylation is 1. The topological polar surface area (TPSA) is 81.3 Å². The normalized spacial score (nSPS) is 11.1. The van der Waals surface area contributed by atoms with Gasteiger partial charge in [-0.3, -0.25) is 14.2 Å². The average Bonchev–Trinajstić information content (AvgIpc) is 3.22. The first-order valence-electron chi connectivity index (χ1n) is 9.88. The van der Waals surface area contributed by atoms with Crippen molar-refractivity contribution in [3.63, 3.8) is 0 Å². The third-order valence-corrected chi connectivity index (χ3v) is 5.20. The van der Waals surface area contributed by atoms with E-state index in [0.717, 1.165) is 22.5 Å². The quantitative estimate of drug-likeness (QED) is 0.491. The fourth-order valence-electron chi connectivity index (χ4n) is 3.64. The molecule has 2 aromatic carbocycles. The third-order valence-electron chi connectivity index (χ3n) is 5.20. The van der Waals surface area contributed by atoms with Crippen molar-refractivity contribution in [2.75, 3.05) is 5.32 Å². The molecule has 3 heterocycles. The molecule has 0 saturated carbocycles. The number of hydrogen-bond donors (Lipinski definition) is 1. The lowest BCUT2D eigenvalue weighted by atomic mass is 10.1. The number of fused-ring (bicyclic) bond motifs is 2. The number of hydrogen-bond acceptors (Lipinski definition) is 4. The van der Waals surface area contributed by atoms with Gasteiger partial charge in [0.05, 0.1) is 22.9 Å². The molecule has 0 bridgehead atoms. The van der Waals surface area contributed by atoms with E-state index in [-0.39, 0.29) is 18.0 Å². The smallest absolute Gasteiger partial charge is 0.269 e. The van der Waals surface area contributed by atoms with Crippen molar-refractivity contribution in [2.45, 2.75) is 13.5 Å². The predicted octanol–water partition coefficient (Wildman–Crippen LogP) is 3.66. The van der Waals surface area contributed by atoms with E-state index in [1.54, 1.807) is 6.07 Å². The van der Waals surface area contributed by atoms with Crippen LogP contribution in [0.5, 0.6) is 0 Å². The van der Waals surface area contributed by atoms with Crippen LogP contribution in [0.25, 0.3) is 27.9 Å². The molecule has 0 aliphatic heterocycles. The number of benzene rings is 2. The van der Waals surface area contributed by atoms with Crippen LogP contribution in [-0.4, -0.2) is 24.8 Å². The Labute approximate surface area is 177 Å². The summed E-state index contributed by atoms with van der Waals surface area (Å²) in [5, 5.41) is 2.85. The maximum Gasteiger partial charge on any atom is 0.269 e. The molecule has 0 saturated heterocycles. The molecule has 0 aliphatic rings.